The van der Waals surface area contributed by atoms with Crippen LogP contribution in [0.2, 0.25) is 0 Å². The molecule has 2 rings (SSSR count). The molecular weight excluding hydrogens is 250 g/mol. The zero-order valence-electron chi connectivity index (χ0n) is 11.0. The number of nitrogens with zero attached hydrogens (tertiary/aromatic N) is 2. The summed E-state index contributed by atoms with van der Waals surface area (Å²) in [6.07, 6.45) is 0. The normalized spacial score (nSPS) is 18.9. The number of carbonyl (C=O) groups is 1. The molecule has 0 bridgehead atoms. The predicted molar refractivity (Wildman–Crippen MR) is 70.8 cm³/mol. The maximum absolute atomic E-state index is 12.5. The van der Waals surface area contributed by atoms with Gasteiger partial charge in [-0.1, -0.05) is 0 Å². The number of thiazole rings is 1. The third-order valence-corrected chi connectivity index (χ3v) is 3.83. The van der Waals surface area contributed by atoms with E-state index in [-0.39, 0.29) is 11.4 Å². The molecule has 0 aliphatic carbocycles. The average Bonchev–Trinajstić information content (AvgIpc) is 2.75. The van der Waals surface area contributed by atoms with Crippen molar-refractivity contribution in [2.45, 2.75) is 26.0 Å². The van der Waals surface area contributed by atoms with Crippen LogP contribution in [0.5, 0.6) is 0 Å². The SMILES string of the molecule is COCc1ncsc1C(=O)N1CCNC(C)(C)C1. The van der Waals surface area contributed by atoms with Gasteiger partial charge in [0.15, 0.2) is 0 Å². The minimum atomic E-state index is -0.0278. The van der Waals surface area contributed by atoms with Crippen LogP contribution in [-0.2, 0) is 11.3 Å². The molecule has 1 saturated heterocycles. The van der Waals surface area contributed by atoms with E-state index >= 15 is 0 Å². The summed E-state index contributed by atoms with van der Waals surface area (Å²) in [6, 6.07) is 0. The third-order valence-electron chi connectivity index (χ3n) is 2.98. The summed E-state index contributed by atoms with van der Waals surface area (Å²) < 4.78 is 5.07. The lowest BCUT2D eigenvalue weighted by molar-refractivity contribution is 0.0652. The Bertz CT molecular complexity index is 431. The molecule has 0 aromatic carbocycles. The molecule has 0 saturated carbocycles. The second kappa shape index (κ2) is 5.34. The van der Waals surface area contributed by atoms with Gasteiger partial charge < -0.3 is 15.0 Å². The zero-order chi connectivity index (χ0) is 13.2. The highest BCUT2D eigenvalue weighted by atomic mass is 32.1. The lowest BCUT2D eigenvalue weighted by Crippen LogP contribution is -2.58. The quantitative estimate of drug-likeness (QED) is 0.893. The number of carbonyl (C=O) groups excluding carboxylic acids is 1. The summed E-state index contributed by atoms with van der Waals surface area (Å²) in [7, 11) is 1.61. The fourth-order valence-electron chi connectivity index (χ4n) is 2.14. The highest BCUT2D eigenvalue weighted by Crippen LogP contribution is 2.19. The Morgan fingerprint density at radius 2 is 2.44 bits per heavy atom. The molecule has 0 radical (unpaired) electrons. The van der Waals surface area contributed by atoms with Crippen LogP contribution in [-0.4, -0.2) is 48.1 Å². The Kier molecular flexibility index (Phi) is 3.99. The van der Waals surface area contributed by atoms with Gasteiger partial charge in [0.05, 0.1) is 17.8 Å². The van der Waals surface area contributed by atoms with E-state index in [2.05, 4.69) is 24.1 Å². The van der Waals surface area contributed by atoms with E-state index in [1.807, 2.05) is 4.90 Å². The number of rotatable bonds is 3. The van der Waals surface area contributed by atoms with E-state index in [1.54, 1.807) is 12.6 Å². The zero-order valence-corrected chi connectivity index (χ0v) is 11.8. The van der Waals surface area contributed by atoms with Crippen LogP contribution in [0.3, 0.4) is 0 Å². The first-order valence-electron chi connectivity index (χ1n) is 5.99. The molecule has 1 fully saturated rings. The van der Waals surface area contributed by atoms with E-state index in [4.69, 9.17) is 4.74 Å². The van der Waals surface area contributed by atoms with E-state index in [0.717, 1.165) is 25.3 Å². The summed E-state index contributed by atoms with van der Waals surface area (Å²) in [5.41, 5.74) is 2.42. The lowest BCUT2D eigenvalue weighted by atomic mass is 10.0. The Morgan fingerprint density at radius 3 is 3.11 bits per heavy atom. The fraction of sp³-hybridized carbons (Fsp3) is 0.667. The topological polar surface area (TPSA) is 54.5 Å². The Morgan fingerprint density at radius 1 is 1.67 bits per heavy atom. The Labute approximate surface area is 111 Å². The smallest absolute Gasteiger partial charge is 0.266 e. The molecule has 0 unspecified atom stereocenters. The van der Waals surface area contributed by atoms with E-state index in [0.29, 0.717) is 11.5 Å². The average molecular weight is 269 g/mol. The van der Waals surface area contributed by atoms with Crippen LogP contribution >= 0.6 is 11.3 Å². The van der Waals surface area contributed by atoms with Gasteiger partial charge in [0.1, 0.15) is 4.88 Å². The highest BCUT2D eigenvalue weighted by Gasteiger charge is 2.30. The molecular formula is C12H19N3O2S. The molecule has 6 heteroatoms. The number of piperazine rings is 1. The highest BCUT2D eigenvalue weighted by molar-refractivity contribution is 7.11. The summed E-state index contributed by atoms with van der Waals surface area (Å²) in [4.78, 5) is 19.2. The van der Waals surface area contributed by atoms with Gasteiger partial charge in [-0.05, 0) is 13.8 Å². The number of aromatic nitrogens is 1. The summed E-state index contributed by atoms with van der Waals surface area (Å²) in [5, 5.41) is 3.40. The number of amides is 1. The predicted octanol–water partition coefficient (Wildman–Crippen LogP) is 1.11. The minimum absolute atomic E-state index is 0.0278. The Balaban J connectivity index is 2.13. The van der Waals surface area contributed by atoms with Crippen molar-refractivity contribution in [3.8, 4) is 0 Å². The van der Waals surface area contributed by atoms with Crippen LogP contribution in [0, 0.1) is 0 Å². The van der Waals surface area contributed by atoms with Crippen molar-refractivity contribution in [3.05, 3.63) is 16.1 Å². The van der Waals surface area contributed by atoms with Crippen molar-refractivity contribution in [3.63, 3.8) is 0 Å². The molecule has 100 valence electrons. The maximum Gasteiger partial charge on any atom is 0.266 e. The first kappa shape index (κ1) is 13.5. The number of ether oxygens (including phenoxy) is 1. The largest absolute Gasteiger partial charge is 0.378 e. The minimum Gasteiger partial charge on any atom is -0.378 e. The molecule has 1 amide bonds. The van der Waals surface area contributed by atoms with E-state index in [1.165, 1.54) is 11.3 Å². The van der Waals surface area contributed by atoms with Crippen LogP contribution < -0.4 is 5.32 Å². The molecule has 1 N–H and O–H groups in total. The molecule has 1 aromatic rings. The van der Waals surface area contributed by atoms with Gasteiger partial charge >= 0.3 is 0 Å². The summed E-state index contributed by atoms with van der Waals surface area (Å²) in [6.45, 7) is 6.89. The van der Waals surface area contributed by atoms with E-state index < -0.39 is 0 Å². The lowest BCUT2D eigenvalue weighted by Gasteiger charge is -2.39. The van der Waals surface area contributed by atoms with Crippen LogP contribution in [0.15, 0.2) is 5.51 Å². The molecule has 0 spiro atoms. The molecule has 2 heterocycles. The van der Waals surface area contributed by atoms with Gasteiger partial charge in [0, 0.05) is 32.3 Å². The van der Waals surface area contributed by atoms with Crippen molar-refractivity contribution in [1.82, 2.24) is 15.2 Å². The summed E-state index contributed by atoms with van der Waals surface area (Å²) in [5.74, 6) is 0.0686. The molecule has 1 aliphatic rings. The van der Waals surface area contributed by atoms with Gasteiger partial charge in [0.25, 0.3) is 5.91 Å². The van der Waals surface area contributed by atoms with Gasteiger partial charge in [0.2, 0.25) is 0 Å². The molecule has 1 aliphatic heterocycles. The number of hydrogen-bond donors (Lipinski definition) is 1. The molecule has 18 heavy (non-hydrogen) atoms. The van der Waals surface area contributed by atoms with Crippen LogP contribution in [0.1, 0.15) is 29.2 Å². The van der Waals surface area contributed by atoms with Crippen molar-refractivity contribution >= 4 is 17.2 Å². The van der Waals surface area contributed by atoms with Gasteiger partial charge in [-0.15, -0.1) is 11.3 Å². The first-order chi connectivity index (χ1) is 8.53. The Hall–Kier alpha value is -0.980. The van der Waals surface area contributed by atoms with Gasteiger partial charge in [-0.2, -0.15) is 0 Å². The number of hydrogen-bond acceptors (Lipinski definition) is 5. The summed E-state index contributed by atoms with van der Waals surface area (Å²) >= 11 is 1.39. The van der Waals surface area contributed by atoms with Gasteiger partial charge in [-0.25, -0.2) is 4.98 Å². The van der Waals surface area contributed by atoms with Crippen molar-refractivity contribution in [1.29, 1.82) is 0 Å². The second-order valence-electron chi connectivity index (χ2n) is 5.10. The van der Waals surface area contributed by atoms with Crippen LogP contribution in [0.25, 0.3) is 0 Å². The maximum atomic E-state index is 12.5. The second-order valence-corrected chi connectivity index (χ2v) is 5.95. The fourth-order valence-corrected chi connectivity index (χ4v) is 2.90. The standard InChI is InChI=1S/C12H19N3O2S/c1-12(2)7-15(5-4-14-12)11(16)10-9(6-17-3)13-8-18-10/h8,14H,4-7H2,1-3H3. The van der Waals surface area contributed by atoms with Gasteiger partial charge in [-0.3, -0.25) is 4.79 Å². The number of methoxy groups -OCH3 is 1. The van der Waals surface area contributed by atoms with Crippen molar-refractivity contribution in [2.75, 3.05) is 26.7 Å². The number of nitrogens with one attached hydrogen (secondary N) is 1. The third kappa shape index (κ3) is 2.88. The molecule has 1 aromatic heterocycles. The first-order valence-corrected chi connectivity index (χ1v) is 6.87. The van der Waals surface area contributed by atoms with Crippen LogP contribution in [0.4, 0.5) is 0 Å². The molecule has 0 atom stereocenters. The van der Waals surface area contributed by atoms with Crippen molar-refractivity contribution in [2.24, 2.45) is 0 Å². The molecule has 5 nitrogen and oxygen atoms in total. The monoisotopic (exact) mass is 269 g/mol. The van der Waals surface area contributed by atoms with Crippen molar-refractivity contribution < 1.29 is 9.53 Å². The van der Waals surface area contributed by atoms with E-state index in [9.17, 15) is 4.79 Å².